The van der Waals surface area contributed by atoms with Crippen LogP contribution in [0.3, 0.4) is 0 Å². The molecular formula is C11H17NO2. The quantitative estimate of drug-likeness (QED) is 0.554. The first-order chi connectivity index (χ1) is 6.88. The molecule has 0 radical (unpaired) electrons. The summed E-state index contributed by atoms with van der Waals surface area (Å²) in [6, 6.07) is 8.18. The summed E-state index contributed by atoms with van der Waals surface area (Å²) in [4.78, 5) is 9.49. The summed E-state index contributed by atoms with van der Waals surface area (Å²) in [6.45, 7) is 1.22. The molecule has 0 aromatic heterocycles. The first kappa shape index (κ1) is 11.2. The molecule has 3 nitrogen and oxygen atoms in total. The van der Waals surface area contributed by atoms with Crippen LogP contribution >= 0.6 is 0 Å². The van der Waals surface area contributed by atoms with Crippen molar-refractivity contribution in [2.45, 2.75) is 19.4 Å². The predicted molar refractivity (Wildman–Crippen MR) is 55.6 cm³/mol. The lowest BCUT2D eigenvalue weighted by molar-refractivity contribution is -0.282. The monoisotopic (exact) mass is 195 g/mol. The Balaban J connectivity index is 2.60. The molecule has 1 aromatic carbocycles. The molecule has 0 bridgehead atoms. The molecule has 0 saturated carbocycles. The summed E-state index contributed by atoms with van der Waals surface area (Å²) in [5, 5.41) is 0. The summed E-state index contributed by atoms with van der Waals surface area (Å²) in [5.74, 6) is 0. The maximum Gasteiger partial charge on any atom is 0.108 e. The molecule has 14 heavy (non-hydrogen) atoms. The maximum absolute atomic E-state index is 5.47. The third-order valence-electron chi connectivity index (χ3n) is 2.10. The van der Waals surface area contributed by atoms with Gasteiger partial charge in [-0.25, -0.2) is 9.78 Å². The van der Waals surface area contributed by atoms with Crippen LogP contribution < -0.4 is 5.73 Å². The molecule has 78 valence electrons. The molecule has 3 heteroatoms. The first-order valence-electron chi connectivity index (χ1n) is 4.81. The van der Waals surface area contributed by atoms with Gasteiger partial charge in [0.15, 0.2) is 0 Å². The minimum atomic E-state index is 0.497. The lowest BCUT2D eigenvalue weighted by atomic mass is 10.0. The van der Waals surface area contributed by atoms with Crippen molar-refractivity contribution < 1.29 is 9.78 Å². The van der Waals surface area contributed by atoms with E-state index in [1.165, 1.54) is 18.2 Å². The van der Waals surface area contributed by atoms with Crippen molar-refractivity contribution in [1.82, 2.24) is 0 Å². The normalized spacial score (nSPS) is 10.4. The van der Waals surface area contributed by atoms with E-state index in [1.54, 1.807) is 0 Å². The lowest BCUT2D eigenvalue weighted by Gasteiger charge is -2.07. The summed E-state index contributed by atoms with van der Waals surface area (Å²) in [7, 11) is 1.52. The van der Waals surface area contributed by atoms with Gasteiger partial charge < -0.3 is 5.73 Å². The minimum Gasteiger partial charge on any atom is -0.330 e. The molecule has 0 unspecified atom stereocenters. The van der Waals surface area contributed by atoms with Gasteiger partial charge >= 0.3 is 0 Å². The topological polar surface area (TPSA) is 44.5 Å². The second-order valence-electron chi connectivity index (χ2n) is 3.09. The number of hydrogen-bond acceptors (Lipinski definition) is 3. The van der Waals surface area contributed by atoms with Crippen LogP contribution in [0.25, 0.3) is 0 Å². The van der Waals surface area contributed by atoms with E-state index in [1.807, 2.05) is 18.2 Å². The predicted octanol–water partition coefficient (Wildman–Crippen LogP) is 1.66. The van der Waals surface area contributed by atoms with Gasteiger partial charge in [-0.15, -0.1) is 0 Å². The van der Waals surface area contributed by atoms with Crippen LogP contribution in [0.1, 0.15) is 17.5 Å². The van der Waals surface area contributed by atoms with Crippen molar-refractivity contribution in [2.24, 2.45) is 5.73 Å². The molecule has 0 aliphatic carbocycles. The Bertz CT molecular complexity index is 236. The Labute approximate surface area is 84.8 Å². The summed E-state index contributed by atoms with van der Waals surface area (Å²) >= 11 is 0. The van der Waals surface area contributed by atoms with Gasteiger partial charge in [0, 0.05) is 0 Å². The van der Waals surface area contributed by atoms with Gasteiger partial charge in [-0.2, -0.15) is 0 Å². The molecule has 2 N–H and O–H groups in total. The van der Waals surface area contributed by atoms with E-state index in [0.29, 0.717) is 6.61 Å². The molecule has 0 heterocycles. The standard InChI is InChI=1S/C11H17NO2/c1-13-14-9-11-6-3-2-5-10(11)7-4-8-12/h2-3,5-6H,4,7-9,12H2,1H3. The highest BCUT2D eigenvalue weighted by atomic mass is 17.2. The van der Waals surface area contributed by atoms with Crippen molar-refractivity contribution in [3.8, 4) is 0 Å². The van der Waals surface area contributed by atoms with Crippen LogP contribution in [0.15, 0.2) is 24.3 Å². The van der Waals surface area contributed by atoms with Gasteiger partial charge in [0.2, 0.25) is 0 Å². The van der Waals surface area contributed by atoms with Gasteiger partial charge in [0.25, 0.3) is 0 Å². The third kappa shape index (κ3) is 3.46. The number of aryl methyl sites for hydroxylation is 1. The van der Waals surface area contributed by atoms with Crippen molar-refractivity contribution in [1.29, 1.82) is 0 Å². The maximum atomic E-state index is 5.47. The largest absolute Gasteiger partial charge is 0.330 e. The van der Waals surface area contributed by atoms with Gasteiger partial charge in [0.05, 0.1) is 7.11 Å². The Morgan fingerprint density at radius 2 is 1.93 bits per heavy atom. The van der Waals surface area contributed by atoms with E-state index in [2.05, 4.69) is 11.0 Å². The Morgan fingerprint density at radius 1 is 1.21 bits per heavy atom. The van der Waals surface area contributed by atoms with Crippen LogP contribution in [0.2, 0.25) is 0 Å². The number of benzene rings is 1. The van der Waals surface area contributed by atoms with Crippen LogP contribution in [0.5, 0.6) is 0 Å². The lowest BCUT2D eigenvalue weighted by Crippen LogP contribution is -2.03. The van der Waals surface area contributed by atoms with Crippen LogP contribution in [0, 0.1) is 0 Å². The zero-order chi connectivity index (χ0) is 10.2. The third-order valence-corrected chi connectivity index (χ3v) is 2.10. The minimum absolute atomic E-state index is 0.497. The molecule has 0 spiro atoms. The summed E-state index contributed by atoms with van der Waals surface area (Å²) in [6.07, 6.45) is 2.00. The fourth-order valence-electron chi connectivity index (χ4n) is 1.36. The molecule has 0 atom stereocenters. The van der Waals surface area contributed by atoms with Gasteiger partial charge in [-0.05, 0) is 30.5 Å². The number of hydrogen-bond donors (Lipinski definition) is 1. The highest BCUT2D eigenvalue weighted by Crippen LogP contribution is 2.11. The fraction of sp³-hybridized carbons (Fsp3) is 0.455. The van der Waals surface area contributed by atoms with Gasteiger partial charge in [0.1, 0.15) is 6.61 Å². The first-order valence-corrected chi connectivity index (χ1v) is 4.81. The van der Waals surface area contributed by atoms with Gasteiger partial charge in [-0.3, -0.25) is 0 Å². The Kier molecular flexibility index (Phi) is 5.22. The molecule has 0 aliphatic heterocycles. The van der Waals surface area contributed by atoms with Crippen molar-refractivity contribution in [3.63, 3.8) is 0 Å². The van der Waals surface area contributed by atoms with E-state index in [0.717, 1.165) is 19.4 Å². The summed E-state index contributed by atoms with van der Waals surface area (Å²) in [5.41, 5.74) is 7.93. The Morgan fingerprint density at radius 3 is 2.57 bits per heavy atom. The molecule has 0 saturated heterocycles. The zero-order valence-corrected chi connectivity index (χ0v) is 8.53. The van der Waals surface area contributed by atoms with Crippen molar-refractivity contribution in [3.05, 3.63) is 35.4 Å². The van der Waals surface area contributed by atoms with Crippen molar-refractivity contribution >= 4 is 0 Å². The van der Waals surface area contributed by atoms with Crippen LogP contribution in [-0.4, -0.2) is 13.7 Å². The fourth-order valence-corrected chi connectivity index (χ4v) is 1.36. The summed E-state index contributed by atoms with van der Waals surface area (Å²) < 4.78 is 0. The molecule has 1 aromatic rings. The van der Waals surface area contributed by atoms with E-state index >= 15 is 0 Å². The Hall–Kier alpha value is -0.900. The van der Waals surface area contributed by atoms with Gasteiger partial charge in [-0.1, -0.05) is 24.3 Å². The smallest absolute Gasteiger partial charge is 0.108 e. The van der Waals surface area contributed by atoms with E-state index < -0.39 is 0 Å². The number of nitrogens with two attached hydrogens (primary N) is 1. The average Bonchev–Trinajstić information content (AvgIpc) is 2.24. The molecule has 0 amide bonds. The zero-order valence-electron chi connectivity index (χ0n) is 8.53. The molecule has 0 fully saturated rings. The molecule has 1 rings (SSSR count). The van der Waals surface area contributed by atoms with Crippen LogP contribution in [0.4, 0.5) is 0 Å². The second-order valence-corrected chi connectivity index (χ2v) is 3.09. The average molecular weight is 195 g/mol. The second kappa shape index (κ2) is 6.54. The van der Waals surface area contributed by atoms with E-state index in [9.17, 15) is 0 Å². The van der Waals surface area contributed by atoms with Crippen LogP contribution in [-0.2, 0) is 22.8 Å². The van der Waals surface area contributed by atoms with Crippen molar-refractivity contribution in [2.75, 3.05) is 13.7 Å². The highest BCUT2D eigenvalue weighted by Gasteiger charge is 2.01. The number of rotatable bonds is 6. The molecular weight excluding hydrogens is 178 g/mol. The van der Waals surface area contributed by atoms with E-state index in [4.69, 9.17) is 10.6 Å². The molecule has 0 aliphatic rings. The van der Waals surface area contributed by atoms with E-state index in [-0.39, 0.29) is 0 Å². The highest BCUT2D eigenvalue weighted by molar-refractivity contribution is 5.26. The SMILES string of the molecule is COOCc1ccccc1CCCN.